The molecule has 1 aliphatic rings. The molecule has 6 heteroatoms. The molecular formula is C12H21ClN4O. The van der Waals surface area contributed by atoms with Crippen molar-refractivity contribution >= 4 is 11.6 Å². The highest BCUT2D eigenvalue weighted by molar-refractivity contribution is 6.31. The van der Waals surface area contributed by atoms with Crippen molar-refractivity contribution in [2.75, 3.05) is 33.3 Å². The van der Waals surface area contributed by atoms with Crippen molar-refractivity contribution in [2.24, 2.45) is 7.05 Å². The Hall–Kier alpha value is -0.620. The number of aromatic nitrogens is 2. The molecular weight excluding hydrogens is 252 g/mol. The molecule has 2 rings (SSSR count). The van der Waals surface area contributed by atoms with E-state index in [2.05, 4.69) is 29.3 Å². The van der Waals surface area contributed by atoms with Crippen molar-refractivity contribution in [3.63, 3.8) is 0 Å². The summed E-state index contributed by atoms with van der Waals surface area (Å²) in [5.74, 6) is 0. The normalized spacial score (nSPS) is 23.2. The van der Waals surface area contributed by atoms with Crippen molar-refractivity contribution in [1.29, 1.82) is 0 Å². The van der Waals surface area contributed by atoms with Gasteiger partial charge < -0.3 is 15.0 Å². The summed E-state index contributed by atoms with van der Waals surface area (Å²) in [5.41, 5.74) is 0.999. The van der Waals surface area contributed by atoms with Crippen molar-refractivity contribution < 1.29 is 4.74 Å². The van der Waals surface area contributed by atoms with Gasteiger partial charge in [-0.2, -0.15) is 5.10 Å². The molecule has 2 atom stereocenters. The summed E-state index contributed by atoms with van der Waals surface area (Å²) >= 11 is 6.24. The molecule has 1 aromatic heterocycles. The summed E-state index contributed by atoms with van der Waals surface area (Å²) in [6.07, 6.45) is 1.80. The van der Waals surface area contributed by atoms with Gasteiger partial charge in [0.1, 0.15) is 0 Å². The van der Waals surface area contributed by atoms with Crippen LogP contribution in [0, 0.1) is 0 Å². The van der Waals surface area contributed by atoms with Gasteiger partial charge in [0.2, 0.25) is 0 Å². The lowest BCUT2D eigenvalue weighted by Gasteiger charge is -2.35. The van der Waals surface area contributed by atoms with E-state index in [4.69, 9.17) is 16.3 Å². The standard InChI is InChI=1S/C12H21ClN4O/c1-4-14-11(10-8-16(2)5-6-18-10)12-9(13)7-15-17(12)3/h7,10-11,14H,4-6,8H2,1-3H3. The Labute approximate surface area is 113 Å². The van der Waals surface area contributed by atoms with E-state index in [0.29, 0.717) is 5.02 Å². The van der Waals surface area contributed by atoms with Crippen LogP contribution in [0.5, 0.6) is 0 Å². The molecule has 0 bridgehead atoms. The first-order valence-electron chi connectivity index (χ1n) is 6.34. The Kier molecular flexibility index (Phi) is 4.61. The van der Waals surface area contributed by atoms with Gasteiger partial charge in [0.05, 0.1) is 35.7 Å². The van der Waals surface area contributed by atoms with E-state index in [1.54, 1.807) is 6.20 Å². The minimum Gasteiger partial charge on any atom is -0.374 e. The van der Waals surface area contributed by atoms with Crippen LogP contribution in [0.3, 0.4) is 0 Å². The number of halogens is 1. The number of likely N-dealkylation sites (N-methyl/N-ethyl adjacent to an activating group) is 2. The van der Waals surface area contributed by atoms with Crippen molar-refractivity contribution in [2.45, 2.75) is 19.1 Å². The van der Waals surface area contributed by atoms with E-state index in [0.717, 1.165) is 31.9 Å². The zero-order valence-electron chi connectivity index (χ0n) is 11.2. The van der Waals surface area contributed by atoms with E-state index in [1.807, 2.05) is 11.7 Å². The summed E-state index contributed by atoms with van der Waals surface area (Å²) in [6.45, 7) is 5.60. The number of rotatable bonds is 4. The molecule has 1 aromatic rings. The van der Waals surface area contributed by atoms with E-state index in [1.165, 1.54) is 0 Å². The van der Waals surface area contributed by atoms with Gasteiger partial charge in [0.15, 0.2) is 0 Å². The lowest BCUT2D eigenvalue weighted by molar-refractivity contribution is -0.0402. The van der Waals surface area contributed by atoms with Crippen LogP contribution in [0.25, 0.3) is 0 Å². The average molecular weight is 273 g/mol. The molecule has 2 unspecified atom stereocenters. The number of morpholine rings is 1. The average Bonchev–Trinajstić information content (AvgIpc) is 2.67. The van der Waals surface area contributed by atoms with Crippen molar-refractivity contribution in [1.82, 2.24) is 20.0 Å². The van der Waals surface area contributed by atoms with Gasteiger partial charge in [-0.15, -0.1) is 0 Å². The monoisotopic (exact) mass is 272 g/mol. The second kappa shape index (κ2) is 6.02. The molecule has 18 heavy (non-hydrogen) atoms. The second-order valence-corrected chi connectivity index (χ2v) is 5.12. The van der Waals surface area contributed by atoms with Gasteiger partial charge in [-0.3, -0.25) is 4.68 Å². The lowest BCUT2D eigenvalue weighted by Crippen LogP contribution is -2.47. The van der Waals surface area contributed by atoms with Crippen LogP contribution in [0.2, 0.25) is 5.02 Å². The van der Waals surface area contributed by atoms with Crippen LogP contribution >= 0.6 is 11.6 Å². The topological polar surface area (TPSA) is 42.3 Å². The summed E-state index contributed by atoms with van der Waals surface area (Å²) in [4.78, 5) is 2.28. The summed E-state index contributed by atoms with van der Waals surface area (Å²) in [5, 5.41) is 8.36. The van der Waals surface area contributed by atoms with Gasteiger partial charge >= 0.3 is 0 Å². The highest BCUT2D eigenvalue weighted by Gasteiger charge is 2.30. The fourth-order valence-corrected chi connectivity index (χ4v) is 2.69. The van der Waals surface area contributed by atoms with E-state index < -0.39 is 0 Å². The number of nitrogens with one attached hydrogen (secondary N) is 1. The number of hydrogen-bond donors (Lipinski definition) is 1. The molecule has 0 spiro atoms. The number of aryl methyl sites for hydroxylation is 1. The van der Waals surface area contributed by atoms with Gasteiger partial charge in [0, 0.05) is 20.1 Å². The molecule has 2 heterocycles. The zero-order chi connectivity index (χ0) is 13.1. The van der Waals surface area contributed by atoms with Crippen LogP contribution < -0.4 is 5.32 Å². The van der Waals surface area contributed by atoms with Crippen LogP contribution in [0.1, 0.15) is 18.7 Å². The molecule has 102 valence electrons. The maximum absolute atomic E-state index is 6.24. The minimum atomic E-state index is 0.0813. The fourth-order valence-electron chi connectivity index (χ4n) is 2.41. The fraction of sp³-hybridized carbons (Fsp3) is 0.750. The largest absolute Gasteiger partial charge is 0.374 e. The first-order valence-corrected chi connectivity index (χ1v) is 6.72. The predicted octanol–water partition coefficient (Wildman–Crippen LogP) is 1.05. The van der Waals surface area contributed by atoms with Gasteiger partial charge in [-0.05, 0) is 13.6 Å². The first-order chi connectivity index (χ1) is 8.63. The smallest absolute Gasteiger partial charge is 0.0912 e. The van der Waals surface area contributed by atoms with Crippen molar-refractivity contribution in [3.8, 4) is 0 Å². The first kappa shape index (κ1) is 13.8. The predicted molar refractivity (Wildman–Crippen MR) is 71.9 cm³/mol. The van der Waals surface area contributed by atoms with Crippen molar-refractivity contribution in [3.05, 3.63) is 16.9 Å². The van der Waals surface area contributed by atoms with Gasteiger partial charge in [-0.1, -0.05) is 18.5 Å². The van der Waals surface area contributed by atoms with E-state index >= 15 is 0 Å². The molecule has 5 nitrogen and oxygen atoms in total. The van der Waals surface area contributed by atoms with Crippen LogP contribution in [-0.4, -0.2) is 54.1 Å². The Bertz CT molecular complexity index is 376. The Morgan fingerprint density at radius 1 is 1.61 bits per heavy atom. The Morgan fingerprint density at radius 2 is 2.39 bits per heavy atom. The van der Waals surface area contributed by atoms with Crippen LogP contribution in [-0.2, 0) is 11.8 Å². The molecule has 1 aliphatic heterocycles. The SMILES string of the molecule is CCNC(c1c(Cl)cnn1C)C1CN(C)CCO1. The van der Waals surface area contributed by atoms with Crippen LogP contribution in [0.4, 0.5) is 0 Å². The zero-order valence-corrected chi connectivity index (χ0v) is 11.9. The highest BCUT2D eigenvalue weighted by atomic mass is 35.5. The third-order valence-corrected chi connectivity index (χ3v) is 3.62. The van der Waals surface area contributed by atoms with Gasteiger partial charge in [-0.25, -0.2) is 0 Å². The summed E-state index contributed by atoms with van der Waals surface area (Å²) < 4.78 is 7.72. The quantitative estimate of drug-likeness (QED) is 0.890. The maximum Gasteiger partial charge on any atom is 0.0912 e. The van der Waals surface area contributed by atoms with Crippen LogP contribution in [0.15, 0.2) is 6.20 Å². The third-order valence-electron chi connectivity index (χ3n) is 3.32. The Morgan fingerprint density at radius 3 is 2.94 bits per heavy atom. The summed E-state index contributed by atoms with van der Waals surface area (Å²) in [7, 11) is 4.03. The van der Waals surface area contributed by atoms with E-state index in [-0.39, 0.29) is 12.1 Å². The molecule has 0 saturated carbocycles. The third kappa shape index (κ3) is 2.85. The lowest BCUT2D eigenvalue weighted by atomic mass is 10.1. The number of ether oxygens (including phenoxy) is 1. The maximum atomic E-state index is 6.24. The molecule has 1 fully saturated rings. The number of nitrogens with zero attached hydrogens (tertiary/aromatic N) is 3. The van der Waals surface area contributed by atoms with Gasteiger partial charge in [0.25, 0.3) is 0 Å². The molecule has 0 radical (unpaired) electrons. The molecule has 1 saturated heterocycles. The second-order valence-electron chi connectivity index (χ2n) is 4.71. The molecule has 0 aliphatic carbocycles. The highest BCUT2D eigenvalue weighted by Crippen LogP contribution is 2.27. The molecule has 0 aromatic carbocycles. The minimum absolute atomic E-state index is 0.0813. The molecule has 0 amide bonds. The summed E-state index contributed by atoms with van der Waals surface area (Å²) in [6, 6.07) is 0.0813. The molecule has 1 N–H and O–H groups in total. The number of hydrogen-bond acceptors (Lipinski definition) is 4. The Balaban J connectivity index is 2.22. The van der Waals surface area contributed by atoms with E-state index in [9.17, 15) is 0 Å².